The number of hydrogen-bond acceptors (Lipinski definition) is 3. The van der Waals surface area contributed by atoms with Gasteiger partial charge in [-0.25, -0.2) is 4.98 Å². The Morgan fingerprint density at radius 1 is 1.47 bits per heavy atom. The average molecular weight is 236 g/mol. The van der Waals surface area contributed by atoms with Crippen LogP contribution in [0.3, 0.4) is 0 Å². The summed E-state index contributed by atoms with van der Waals surface area (Å²) in [7, 11) is 0. The zero-order chi connectivity index (χ0) is 12.3. The van der Waals surface area contributed by atoms with Crippen LogP contribution in [0.4, 0.5) is 0 Å². The van der Waals surface area contributed by atoms with E-state index in [4.69, 9.17) is 4.74 Å². The number of nitrogens with one attached hydrogen (secondary N) is 1. The highest BCUT2D eigenvalue weighted by Crippen LogP contribution is 2.26. The van der Waals surface area contributed by atoms with E-state index in [1.54, 1.807) is 0 Å². The molecule has 94 valence electrons. The van der Waals surface area contributed by atoms with E-state index in [2.05, 4.69) is 16.9 Å². The normalized spacial score (nSPS) is 24.6. The third-order valence-electron chi connectivity index (χ3n) is 3.41. The number of rotatable bonds is 3. The number of H-pyrrole nitrogens is 1. The molecule has 17 heavy (non-hydrogen) atoms. The van der Waals surface area contributed by atoms with E-state index >= 15 is 0 Å². The maximum atomic E-state index is 11.4. The lowest BCUT2D eigenvalue weighted by molar-refractivity contribution is 0.0970. The number of aromatic nitrogens is 2. The highest BCUT2D eigenvalue weighted by molar-refractivity contribution is 5.09. The number of aryl methyl sites for hydroxylation is 1. The minimum absolute atomic E-state index is 0.129. The summed E-state index contributed by atoms with van der Waals surface area (Å²) in [6.45, 7) is 4.17. The van der Waals surface area contributed by atoms with Gasteiger partial charge < -0.3 is 9.72 Å². The first-order chi connectivity index (χ1) is 8.19. The molecule has 0 radical (unpaired) electrons. The second-order valence-electron chi connectivity index (χ2n) is 4.80. The molecule has 1 aliphatic rings. The molecule has 1 aliphatic carbocycles. The van der Waals surface area contributed by atoms with Crippen molar-refractivity contribution in [1.29, 1.82) is 0 Å². The highest BCUT2D eigenvalue weighted by atomic mass is 16.5. The Morgan fingerprint density at radius 2 is 2.24 bits per heavy atom. The average Bonchev–Trinajstić information content (AvgIpc) is 2.31. The molecule has 1 fully saturated rings. The smallest absolute Gasteiger partial charge is 0.254 e. The zero-order valence-corrected chi connectivity index (χ0v) is 10.5. The number of hydrogen-bond donors (Lipinski definition) is 1. The fraction of sp³-hybridized carbons (Fsp3) is 0.692. The van der Waals surface area contributed by atoms with Crippen LogP contribution in [0.2, 0.25) is 0 Å². The van der Waals surface area contributed by atoms with E-state index in [9.17, 15) is 4.79 Å². The van der Waals surface area contributed by atoms with E-state index in [1.807, 2.05) is 6.92 Å². The second-order valence-corrected chi connectivity index (χ2v) is 4.80. The third kappa shape index (κ3) is 3.08. The monoisotopic (exact) mass is 236 g/mol. The SMILES string of the molecule is CCc1nc(OC2CCCCC2C)cc(=O)[nH]1. The molecule has 4 nitrogen and oxygen atoms in total. The Labute approximate surface area is 101 Å². The van der Waals surface area contributed by atoms with Crippen molar-refractivity contribution in [3.05, 3.63) is 22.2 Å². The van der Waals surface area contributed by atoms with Crippen molar-refractivity contribution in [3.8, 4) is 5.88 Å². The molecule has 2 atom stereocenters. The number of aromatic amines is 1. The molecule has 1 heterocycles. The van der Waals surface area contributed by atoms with Gasteiger partial charge in [-0.05, 0) is 25.2 Å². The molecule has 2 unspecified atom stereocenters. The van der Waals surface area contributed by atoms with Crippen molar-refractivity contribution in [3.63, 3.8) is 0 Å². The van der Waals surface area contributed by atoms with E-state index in [0.29, 0.717) is 24.0 Å². The van der Waals surface area contributed by atoms with Crippen LogP contribution in [0.5, 0.6) is 5.88 Å². The van der Waals surface area contributed by atoms with E-state index < -0.39 is 0 Å². The summed E-state index contributed by atoms with van der Waals surface area (Å²) in [5.74, 6) is 1.72. The Balaban J connectivity index is 2.11. The van der Waals surface area contributed by atoms with E-state index in [1.165, 1.54) is 25.3 Å². The van der Waals surface area contributed by atoms with Gasteiger partial charge >= 0.3 is 0 Å². The predicted molar refractivity (Wildman–Crippen MR) is 66.3 cm³/mol. The summed E-state index contributed by atoms with van der Waals surface area (Å²) in [5.41, 5.74) is -0.129. The van der Waals surface area contributed by atoms with Gasteiger partial charge in [0.1, 0.15) is 11.9 Å². The quantitative estimate of drug-likeness (QED) is 0.876. The molecule has 0 spiro atoms. The Hall–Kier alpha value is -1.32. The molecule has 0 bridgehead atoms. The van der Waals surface area contributed by atoms with Crippen molar-refractivity contribution >= 4 is 0 Å². The second kappa shape index (κ2) is 5.34. The topological polar surface area (TPSA) is 55.0 Å². The molecule has 0 saturated heterocycles. The van der Waals surface area contributed by atoms with Gasteiger partial charge in [0.15, 0.2) is 0 Å². The van der Waals surface area contributed by atoms with Crippen molar-refractivity contribution in [1.82, 2.24) is 9.97 Å². The first-order valence-corrected chi connectivity index (χ1v) is 6.46. The summed E-state index contributed by atoms with van der Waals surface area (Å²) >= 11 is 0. The van der Waals surface area contributed by atoms with Crippen LogP contribution in [0, 0.1) is 5.92 Å². The molecule has 0 aliphatic heterocycles. The Kier molecular flexibility index (Phi) is 3.82. The van der Waals surface area contributed by atoms with Crippen LogP contribution in [0.25, 0.3) is 0 Å². The lowest BCUT2D eigenvalue weighted by atomic mass is 9.88. The summed E-state index contributed by atoms with van der Waals surface area (Å²) in [5, 5.41) is 0. The molecule has 0 aromatic carbocycles. The fourth-order valence-electron chi connectivity index (χ4n) is 2.32. The standard InChI is InChI=1S/C13H20N2O2/c1-3-11-14-12(16)8-13(15-11)17-10-7-5-4-6-9(10)2/h8-10H,3-7H2,1-2H3,(H,14,15,16). The maximum Gasteiger partial charge on any atom is 0.254 e. The van der Waals surface area contributed by atoms with Gasteiger partial charge in [0.25, 0.3) is 5.56 Å². The van der Waals surface area contributed by atoms with Gasteiger partial charge in [0.2, 0.25) is 5.88 Å². The first-order valence-electron chi connectivity index (χ1n) is 6.46. The van der Waals surface area contributed by atoms with Crippen LogP contribution in [0.1, 0.15) is 45.4 Å². The van der Waals surface area contributed by atoms with Crippen LogP contribution in [-0.4, -0.2) is 16.1 Å². The molecule has 1 saturated carbocycles. The number of ether oxygens (including phenoxy) is 1. The first kappa shape index (κ1) is 12.1. The molecule has 4 heteroatoms. The highest BCUT2D eigenvalue weighted by Gasteiger charge is 2.23. The van der Waals surface area contributed by atoms with Crippen LogP contribution in [0.15, 0.2) is 10.9 Å². The molecule has 2 rings (SSSR count). The minimum Gasteiger partial charge on any atom is -0.474 e. The van der Waals surface area contributed by atoms with Gasteiger partial charge in [-0.3, -0.25) is 4.79 Å². The van der Waals surface area contributed by atoms with Crippen molar-refractivity contribution in [2.75, 3.05) is 0 Å². The molecular formula is C13H20N2O2. The molecule has 1 aromatic heterocycles. The van der Waals surface area contributed by atoms with E-state index in [-0.39, 0.29) is 11.7 Å². The van der Waals surface area contributed by atoms with E-state index in [0.717, 1.165) is 6.42 Å². The largest absolute Gasteiger partial charge is 0.474 e. The summed E-state index contributed by atoms with van der Waals surface area (Å²) < 4.78 is 5.86. The fourth-order valence-corrected chi connectivity index (χ4v) is 2.32. The molecule has 1 aromatic rings. The summed E-state index contributed by atoms with van der Waals surface area (Å²) in [6.07, 6.45) is 5.68. The molecule has 0 amide bonds. The summed E-state index contributed by atoms with van der Waals surface area (Å²) in [6, 6.07) is 1.44. The van der Waals surface area contributed by atoms with Gasteiger partial charge in [-0.15, -0.1) is 0 Å². The maximum absolute atomic E-state index is 11.4. The van der Waals surface area contributed by atoms with Crippen LogP contribution in [-0.2, 0) is 6.42 Å². The van der Waals surface area contributed by atoms with Crippen molar-refractivity contribution in [2.45, 2.75) is 52.1 Å². The predicted octanol–water partition coefficient (Wildman–Crippen LogP) is 2.29. The third-order valence-corrected chi connectivity index (χ3v) is 3.41. The molecular weight excluding hydrogens is 216 g/mol. The Bertz CT molecular complexity index is 428. The minimum atomic E-state index is -0.129. The Morgan fingerprint density at radius 3 is 2.94 bits per heavy atom. The van der Waals surface area contributed by atoms with Crippen LogP contribution < -0.4 is 10.3 Å². The molecule has 1 N–H and O–H groups in total. The van der Waals surface area contributed by atoms with Gasteiger partial charge in [-0.1, -0.05) is 20.3 Å². The lowest BCUT2D eigenvalue weighted by Gasteiger charge is -2.28. The zero-order valence-electron chi connectivity index (χ0n) is 10.5. The van der Waals surface area contributed by atoms with Gasteiger partial charge in [0, 0.05) is 6.42 Å². The lowest BCUT2D eigenvalue weighted by Crippen LogP contribution is -2.29. The van der Waals surface area contributed by atoms with Gasteiger partial charge in [0.05, 0.1) is 6.07 Å². The number of nitrogens with zero attached hydrogens (tertiary/aromatic N) is 1. The van der Waals surface area contributed by atoms with Crippen molar-refractivity contribution in [2.24, 2.45) is 5.92 Å². The van der Waals surface area contributed by atoms with Gasteiger partial charge in [-0.2, -0.15) is 0 Å². The summed E-state index contributed by atoms with van der Waals surface area (Å²) in [4.78, 5) is 18.4. The van der Waals surface area contributed by atoms with Crippen molar-refractivity contribution < 1.29 is 4.74 Å². The van der Waals surface area contributed by atoms with Crippen LogP contribution >= 0.6 is 0 Å².